The molecule has 1 aliphatic heterocycles. The van der Waals surface area contributed by atoms with Crippen LogP contribution in [0.1, 0.15) is 50.1 Å². The van der Waals surface area contributed by atoms with Crippen molar-refractivity contribution in [2.24, 2.45) is 5.92 Å². The number of aliphatic hydroxyl groups excluding tert-OH is 1. The average molecular weight is 259 g/mol. The molecule has 0 spiro atoms. The summed E-state index contributed by atoms with van der Waals surface area (Å²) < 4.78 is 0. The molecule has 2 heteroatoms. The molecule has 1 aliphatic carbocycles. The van der Waals surface area contributed by atoms with Crippen molar-refractivity contribution >= 4 is 0 Å². The van der Waals surface area contributed by atoms with Gasteiger partial charge in [-0.1, -0.05) is 43.2 Å². The number of likely N-dealkylation sites (tertiary alicyclic amines) is 1. The van der Waals surface area contributed by atoms with Crippen molar-refractivity contribution in [2.75, 3.05) is 13.1 Å². The Hall–Kier alpha value is -0.860. The molecule has 1 aromatic rings. The lowest BCUT2D eigenvalue weighted by Gasteiger charge is -2.39. The van der Waals surface area contributed by atoms with Crippen LogP contribution in [0.5, 0.6) is 0 Å². The van der Waals surface area contributed by atoms with Gasteiger partial charge in [0, 0.05) is 12.0 Å². The molecule has 3 rings (SSSR count). The van der Waals surface area contributed by atoms with Gasteiger partial charge in [0.1, 0.15) is 0 Å². The Morgan fingerprint density at radius 1 is 0.947 bits per heavy atom. The summed E-state index contributed by atoms with van der Waals surface area (Å²) in [6, 6.07) is 11.3. The smallest absolute Gasteiger partial charge is 0.0586 e. The first-order valence-corrected chi connectivity index (χ1v) is 7.83. The van der Waals surface area contributed by atoms with Gasteiger partial charge in [-0.25, -0.2) is 0 Å². The van der Waals surface area contributed by atoms with E-state index in [1.807, 2.05) is 0 Å². The average Bonchev–Trinajstić information content (AvgIpc) is 2.96. The fourth-order valence-electron chi connectivity index (χ4n) is 3.91. The van der Waals surface area contributed by atoms with E-state index >= 15 is 0 Å². The Balaban J connectivity index is 1.87. The van der Waals surface area contributed by atoms with Gasteiger partial charge >= 0.3 is 0 Å². The summed E-state index contributed by atoms with van der Waals surface area (Å²) in [4.78, 5) is 2.61. The van der Waals surface area contributed by atoms with E-state index in [9.17, 15) is 5.11 Å². The van der Waals surface area contributed by atoms with Crippen LogP contribution in [0, 0.1) is 5.92 Å². The van der Waals surface area contributed by atoms with Crippen molar-refractivity contribution < 1.29 is 5.11 Å². The molecule has 1 heterocycles. The summed E-state index contributed by atoms with van der Waals surface area (Å²) in [7, 11) is 0. The third-order valence-electron chi connectivity index (χ3n) is 4.86. The Bertz CT molecular complexity index is 386. The van der Waals surface area contributed by atoms with E-state index in [1.165, 1.54) is 50.8 Å². The number of aliphatic hydroxyl groups is 1. The molecule has 0 bridgehead atoms. The normalized spacial score (nSPS) is 30.4. The predicted octanol–water partition coefficient (Wildman–Crippen LogP) is 3.37. The van der Waals surface area contributed by atoms with Gasteiger partial charge < -0.3 is 5.11 Å². The van der Waals surface area contributed by atoms with Gasteiger partial charge in [-0.3, -0.25) is 4.90 Å². The molecule has 2 fully saturated rings. The second kappa shape index (κ2) is 6.06. The summed E-state index contributed by atoms with van der Waals surface area (Å²) in [6.07, 6.45) is 7.15. The zero-order chi connectivity index (χ0) is 13.1. The van der Waals surface area contributed by atoms with E-state index in [0.717, 1.165) is 6.42 Å². The highest BCUT2D eigenvalue weighted by molar-refractivity contribution is 5.21. The molecular weight excluding hydrogens is 234 g/mol. The van der Waals surface area contributed by atoms with Gasteiger partial charge in [-0.2, -0.15) is 0 Å². The topological polar surface area (TPSA) is 23.5 Å². The maximum atomic E-state index is 10.4. The highest BCUT2D eigenvalue weighted by atomic mass is 16.3. The molecule has 1 saturated carbocycles. The van der Waals surface area contributed by atoms with Gasteiger partial charge in [0.2, 0.25) is 0 Å². The predicted molar refractivity (Wildman–Crippen MR) is 78.0 cm³/mol. The minimum absolute atomic E-state index is 0.112. The third kappa shape index (κ3) is 2.85. The minimum atomic E-state index is -0.112. The van der Waals surface area contributed by atoms with Crippen molar-refractivity contribution in [3.05, 3.63) is 35.9 Å². The lowest BCUT2D eigenvalue weighted by Crippen LogP contribution is -2.38. The van der Waals surface area contributed by atoms with E-state index in [2.05, 4.69) is 35.2 Å². The zero-order valence-corrected chi connectivity index (χ0v) is 11.7. The standard InChI is InChI=1S/C17H25NO/c19-16-11-5-4-10-15(16)17(18-12-6-7-13-18)14-8-2-1-3-9-14/h1-3,8-9,15-17,19H,4-7,10-13H2/t15-,16-,17+/m1/s1. The molecule has 0 amide bonds. The molecule has 0 radical (unpaired) electrons. The zero-order valence-electron chi connectivity index (χ0n) is 11.7. The van der Waals surface area contributed by atoms with Crippen LogP contribution in [-0.4, -0.2) is 29.2 Å². The monoisotopic (exact) mass is 259 g/mol. The lowest BCUT2D eigenvalue weighted by molar-refractivity contribution is 0.0147. The molecule has 0 unspecified atom stereocenters. The summed E-state index contributed by atoms with van der Waals surface area (Å²) in [5, 5.41) is 10.4. The molecular formula is C17H25NO. The molecule has 19 heavy (non-hydrogen) atoms. The van der Waals surface area contributed by atoms with Crippen LogP contribution in [0.15, 0.2) is 30.3 Å². The maximum absolute atomic E-state index is 10.4. The Labute approximate surface area is 116 Å². The molecule has 0 aromatic heterocycles. The molecule has 2 nitrogen and oxygen atoms in total. The van der Waals surface area contributed by atoms with E-state index < -0.39 is 0 Å². The fourth-order valence-corrected chi connectivity index (χ4v) is 3.91. The molecule has 1 N–H and O–H groups in total. The van der Waals surface area contributed by atoms with Crippen molar-refractivity contribution in [3.8, 4) is 0 Å². The largest absolute Gasteiger partial charge is 0.393 e. The van der Waals surface area contributed by atoms with E-state index in [0.29, 0.717) is 12.0 Å². The van der Waals surface area contributed by atoms with Crippen LogP contribution in [0.25, 0.3) is 0 Å². The quantitative estimate of drug-likeness (QED) is 0.899. The summed E-state index contributed by atoms with van der Waals surface area (Å²) >= 11 is 0. The second-order valence-electron chi connectivity index (χ2n) is 6.11. The van der Waals surface area contributed by atoms with Gasteiger partial charge in [-0.15, -0.1) is 0 Å². The number of nitrogens with zero attached hydrogens (tertiary/aromatic N) is 1. The maximum Gasteiger partial charge on any atom is 0.0586 e. The van der Waals surface area contributed by atoms with Crippen molar-refractivity contribution in [3.63, 3.8) is 0 Å². The van der Waals surface area contributed by atoms with Gasteiger partial charge in [-0.05, 0) is 44.3 Å². The molecule has 1 aromatic carbocycles. The number of benzene rings is 1. The van der Waals surface area contributed by atoms with Crippen LogP contribution < -0.4 is 0 Å². The Morgan fingerprint density at radius 2 is 1.63 bits per heavy atom. The first-order valence-electron chi connectivity index (χ1n) is 7.83. The van der Waals surface area contributed by atoms with Gasteiger partial charge in [0.25, 0.3) is 0 Å². The number of rotatable bonds is 3. The van der Waals surface area contributed by atoms with Crippen molar-refractivity contribution in [1.29, 1.82) is 0 Å². The molecule has 1 saturated heterocycles. The van der Waals surface area contributed by atoms with Crippen molar-refractivity contribution in [2.45, 2.75) is 50.7 Å². The molecule has 104 valence electrons. The second-order valence-corrected chi connectivity index (χ2v) is 6.11. The lowest BCUT2D eigenvalue weighted by atomic mass is 9.78. The Morgan fingerprint density at radius 3 is 2.32 bits per heavy atom. The van der Waals surface area contributed by atoms with Crippen LogP contribution in [0.2, 0.25) is 0 Å². The van der Waals surface area contributed by atoms with Crippen molar-refractivity contribution in [1.82, 2.24) is 4.90 Å². The van der Waals surface area contributed by atoms with Crippen LogP contribution in [0.4, 0.5) is 0 Å². The van der Waals surface area contributed by atoms with E-state index in [4.69, 9.17) is 0 Å². The highest BCUT2D eigenvalue weighted by Crippen LogP contribution is 2.39. The third-order valence-corrected chi connectivity index (χ3v) is 4.86. The highest BCUT2D eigenvalue weighted by Gasteiger charge is 2.36. The van der Waals surface area contributed by atoms with E-state index in [1.54, 1.807) is 0 Å². The van der Waals surface area contributed by atoms with Gasteiger partial charge in [0.15, 0.2) is 0 Å². The first kappa shape index (κ1) is 13.1. The number of hydrogen-bond acceptors (Lipinski definition) is 2. The summed E-state index contributed by atoms with van der Waals surface area (Å²) in [6.45, 7) is 2.39. The van der Waals surface area contributed by atoms with Crippen LogP contribution in [-0.2, 0) is 0 Å². The minimum Gasteiger partial charge on any atom is -0.393 e. The number of hydrogen-bond donors (Lipinski definition) is 1. The fraction of sp³-hybridized carbons (Fsp3) is 0.647. The summed E-state index contributed by atoms with van der Waals surface area (Å²) in [5.74, 6) is 0.425. The van der Waals surface area contributed by atoms with Crippen LogP contribution in [0.3, 0.4) is 0 Å². The molecule has 2 aliphatic rings. The SMILES string of the molecule is O[C@@H]1CCCC[C@H]1[C@H](c1ccccc1)N1CCCC1. The Kier molecular flexibility index (Phi) is 4.19. The van der Waals surface area contributed by atoms with Gasteiger partial charge in [0.05, 0.1) is 6.10 Å². The summed E-state index contributed by atoms with van der Waals surface area (Å²) in [5.41, 5.74) is 1.40. The molecule has 3 atom stereocenters. The first-order chi connectivity index (χ1) is 9.36. The van der Waals surface area contributed by atoms with Crippen LogP contribution >= 0.6 is 0 Å². The van der Waals surface area contributed by atoms with E-state index in [-0.39, 0.29) is 6.10 Å².